The molecule has 1 unspecified atom stereocenters. The predicted octanol–water partition coefficient (Wildman–Crippen LogP) is 3.23. The Balaban J connectivity index is 2.12. The van der Waals surface area contributed by atoms with E-state index in [1.54, 1.807) is 0 Å². The SMILES string of the molecule is CCc1ccc(C2/C(=C(/O)c3ccc([N+](=O)[O-])cc3)C(=O)C(=O)N2CCOC)cc1. The molecule has 3 rings (SSSR count). The number of Topliss-reactive ketones (excluding diaryl/α,β-unsaturated/α-hetero) is 1. The number of ether oxygens (including phenoxy) is 1. The van der Waals surface area contributed by atoms with E-state index >= 15 is 0 Å². The van der Waals surface area contributed by atoms with Crippen molar-refractivity contribution in [3.05, 3.63) is 80.9 Å². The van der Waals surface area contributed by atoms with Crippen LogP contribution in [-0.4, -0.2) is 46.9 Å². The van der Waals surface area contributed by atoms with E-state index in [-0.39, 0.29) is 35.7 Å². The van der Waals surface area contributed by atoms with Crippen molar-refractivity contribution in [1.29, 1.82) is 0 Å². The smallest absolute Gasteiger partial charge is 0.295 e. The van der Waals surface area contributed by atoms with Crippen LogP contribution in [0.15, 0.2) is 54.1 Å². The van der Waals surface area contributed by atoms with E-state index in [2.05, 4.69) is 0 Å². The summed E-state index contributed by atoms with van der Waals surface area (Å²) in [5, 5.41) is 21.8. The number of hydrogen-bond acceptors (Lipinski definition) is 6. The number of amides is 1. The topological polar surface area (TPSA) is 110 Å². The van der Waals surface area contributed by atoms with Crippen LogP contribution in [0.3, 0.4) is 0 Å². The minimum absolute atomic E-state index is 0.0470. The van der Waals surface area contributed by atoms with Crippen LogP contribution in [0, 0.1) is 10.1 Å². The van der Waals surface area contributed by atoms with Gasteiger partial charge in [-0.1, -0.05) is 31.2 Å². The maximum absolute atomic E-state index is 12.8. The van der Waals surface area contributed by atoms with Crippen LogP contribution >= 0.6 is 0 Å². The van der Waals surface area contributed by atoms with E-state index in [1.807, 2.05) is 31.2 Å². The number of benzene rings is 2. The molecule has 1 N–H and O–H groups in total. The summed E-state index contributed by atoms with van der Waals surface area (Å²) in [6.07, 6.45) is 0.840. The van der Waals surface area contributed by atoms with Gasteiger partial charge in [0.15, 0.2) is 0 Å². The summed E-state index contributed by atoms with van der Waals surface area (Å²) < 4.78 is 5.08. The van der Waals surface area contributed by atoms with Gasteiger partial charge in [0.25, 0.3) is 17.4 Å². The van der Waals surface area contributed by atoms with Crippen LogP contribution in [-0.2, 0) is 20.7 Å². The number of ketones is 1. The van der Waals surface area contributed by atoms with Gasteiger partial charge in [0.05, 0.1) is 23.1 Å². The number of hydrogen-bond donors (Lipinski definition) is 1. The normalized spacial score (nSPS) is 18.1. The number of nitro groups is 1. The molecule has 0 bridgehead atoms. The van der Waals surface area contributed by atoms with E-state index in [0.29, 0.717) is 5.56 Å². The van der Waals surface area contributed by atoms with Crippen LogP contribution in [0.1, 0.15) is 29.7 Å². The first kappa shape index (κ1) is 21.2. The predicted molar refractivity (Wildman–Crippen MR) is 110 cm³/mol. The number of rotatable bonds is 7. The van der Waals surface area contributed by atoms with Gasteiger partial charge in [-0.2, -0.15) is 0 Å². The lowest BCUT2D eigenvalue weighted by atomic mass is 9.94. The molecular weight excluding hydrogens is 388 g/mol. The minimum atomic E-state index is -0.800. The Hall–Kier alpha value is -3.52. The summed E-state index contributed by atoms with van der Waals surface area (Å²) in [5.41, 5.74) is 1.82. The average molecular weight is 410 g/mol. The van der Waals surface area contributed by atoms with Gasteiger partial charge in [0.2, 0.25) is 0 Å². The molecule has 1 atom stereocenters. The van der Waals surface area contributed by atoms with Crippen LogP contribution in [0.2, 0.25) is 0 Å². The van der Waals surface area contributed by atoms with Gasteiger partial charge in [0.1, 0.15) is 5.76 Å². The number of carbonyl (C=O) groups excluding carboxylic acids is 2. The van der Waals surface area contributed by atoms with E-state index < -0.39 is 22.7 Å². The molecular formula is C22H22N2O6. The zero-order valence-electron chi connectivity index (χ0n) is 16.7. The van der Waals surface area contributed by atoms with E-state index in [4.69, 9.17) is 4.74 Å². The number of aryl methyl sites for hydroxylation is 1. The van der Waals surface area contributed by atoms with Crippen LogP contribution in [0.25, 0.3) is 5.76 Å². The van der Waals surface area contributed by atoms with Gasteiger partial charge < -0.3 is 14.7 Å². The first-order valence-electron chi connectivity index (χ1n) is 9.50. The molecule has 0 spiro atoms. The van der Waals surface area contributed by atoms with Gasteiger partial charge in [-0.3, -0.25) is 19.7 Å². The standard InChI is InChI=1S/C22H22N2O6/c1-3-14-4-6-15(7-5-14)19-18(21(26)22(27)23(19)12-13-30-2)20(25)16-8-10-17(11-9-16)24(28)29/h4-11,19,25H,3,12-13H2,1-2H3/b20-18-. The quantitative estimate of drug-likeness (QED) is 0.247. The van der Waals surface area contributed by atoms with Crippen LogP contribution in [0.5, 0.6) is 0 Å². The lowest BCUT2D eigenvalue weighted by Gasteiger charge is -2.25. The number of likely N-dealkylation sites (tertiary alicyclic amines) is 1. The fraction of sp³-hybridized carbons (Fsp3) is 0.273. The summed E-state index contributed by atoms with van der Waals surface area (Å²) >= 11 is 0. The third-order valence-electron chi connectivity index (χ3n) is 5.13. The molecule has 8 nitrogen and oxygen atoms in total. The number of non-ortho nitro benzene ring substituents is 1. The molecule has 1 saturated heterocycles. The molecule has 0 radical (unpaired) electrons. The van der Waals surface area contributed by atoms with Crippen molar-refractivity contribution in [2.24, 2.45) is 0 Å². The Morgan fingerprint density at radius 1 is 1.13 bits per heavy atom. The Labute approximate surface area is 173 Å². The lowest BCUT2D eigenvalue weighted by molar-refractivity contribution is -0.384. The van der Waals surface area contributed by atoms with Gasteiger partial charge in [-0.15, -0.1) is 0 Å². The maximum atomic E-state index is 12.8. The van der Waals surface area contributed by atoms with Crippen molar-refractivity contribution in [3.8, 4) is 0 Å². The van der Waals surface area contributed by atoms with Crippen LogP contribution in [0.4, 0.5) is 5.69 Å². The summed E-state index contributed by atoms with van der Waals surface area (Å²) in [6, 6.07) is 11.9. The zero-order chi connectivity index (χ0) is 21.8. The van der Waals surface area contributed by atoms with Crippen molar-refractivity contribution in [2.45, 2.75) is 19.4 Å². The molecule has 0 saturated carbocycles. The number of nitrogens with zero attached hydrogens (tertiary/aromatic N) is 2. The van der Waals surface area contributed by atoms with Crippen molar-refractivity contribution >= 4 is 23.1 Å². The van der Waals surface area contributed by atoms with Crippen LogP contribution < -0.4 is 0 Å². The summed E-state index contributed by atoms with van der Waals surface area (Å²) in [7, 11) is 1.50. The summed E-state index contributed by atoms with van der Waals surface area (Å²) in [6.45, 7) is 2.43. The molecule has 2 aromatic carbocycles. The van der Waals surface area contributed by atoms with Crippen molar-refractivity contribution in [3.63, 3.8) is 0 Å². The highest BCUT2D eigenvalue weighted by Gasteiger charge is 2.45. The number of carbonyl (C=O) groups is 2. The zero-order valence-corrected chi connectivity index (χ0v) is 16.7. The number of methoxy groups -OCH3 is 1. The number of aliphatic hydroxyl groups excluding tert-OH is 1. The van der Waals surface area contributed by atoms with Crippen molar-refractivity contribution in [2.75, 3.05) is 20.3 Å². The molecule has 1 amide bonds. The average Bonchev–Trinajstić information content (AvgIpc) is 3.02. The second kappa shape index (κ2) is 8.87. The maximum Gasteiger partial charge on any atom is 0.295 e. The molecule has 156 valence electrons. The molecule has 1 heterocycles. The number of aliphatic hydroxyl groups is 1. The Morgan fingerprint density at radius 2 is 1.77 bits per heavy atom. The lowest BCUT2D eigenvalue weighted by Crippen LogP contribution is -2.32. The monoisotopic (exact) mass is 410 g/mol. The molecule has 1 aliphatic rings. The highest BCUT2D eigenvalue weighted by Crippen LogP contribution is 2.39. The molecule has 0 aliphatic carbocycles. The third-order valence-corrected chi connectivity index (χ3v) is 5.13. The summed E-state index contributed by atoms with van der Waals surface area (Å²) in [4.78, 5) is 37.2. The molecule has 0 aromatic heterocycles. The second-order valence-corrected chi connectivity index (χ2v) is 6.88. The second-order valence-electron chi connectivity index (χ2n) is 6.88. The Morgan fingerprint density at radius 3 is 2.30 bits per heavy atom. The highest BCUT2D eigenvalue weighted by atomic mass is 16.6. The van der Waals surface area contributed by atoms with E-state index in [9.17, 15) is 24.8 Å². The number of nitro benzene ring substituents is 1. The van der Waals surface area contributed by atoms with Gasteiger partial charge in [-0.05, 0) is 29.7 Å². The molecule has 2 aromatic rings. The molecule has 30 heavy (non-hydrogen) atoms. The molecule has 8 heteroatoms. The third kappa shape index (κ3) is 3.95. The Bertz CT molecular complexity index is 995. The van der Waals surface area contributed by atoms with Crippen molar-refractivity contribution < 1.29 is 24.4 Å². The first-order chi connectivity index (χ1) is 14.4. The highest BCUT2D eigenvalue weighted by molar-refractivity contribution is 6.46. The summed E-state index contributed by atoms with van der Waals surface area (Å²) in [5.74, 6) is -1.89. The van der Waals surface area contributed by atoms with Gasteiger partial charge >= 0.3 is 0 Å². The van der Waals surface area contributed by atoms with E-state index in [0.717, 1.165) is 12.0 Å². The largest absolute Gasteiger partial charge is 0.507 e. The van der Waals surface area contributed by atoms with Gasteiger partial charge in [0, 0.05) is 31.4 Å². The molecule has 1 aliphatic heterocycles. The first-order valence-corrected chi connectivity index (χ1v) is 9.50. The Kier molecular flexibility index (Phi) is 6.27. The van der Waals surface area contributed by atoms with E-state index in [1.165, 1.54) is 36.3 Å². The fourth-order valence-electron chi connectivity index (χ4n) is 3.48. The van der Waals surface area contributed by atoms with Crippen molar-refractivity contribution in [1.82, 2.24) is 4.90 Å². The van der Waals surface area contributed by atoms with Gasteiger partial charge in [-0.25, -0.2) is 0 Å². The molecule has 1 fully saturated rings. The fourth-order valence-corrected chi connectivity index (χ4v) is 3.48. The minimum Gasteiger partial charge on any atom is -0.507 e.